The Kier molecular flexibility index (Phi) is 7.07. The molecule has 1 unspecified atom stereocenters. The van der Waals surface area contributed by atoms with E-state index in [2.05, 4.69) is 0 Å². The van der Waals surface area contributed by atoms with Gasteiger partial charge in [0.05, 0.1) is 18.2 Å². The molecule has 2 aromatic carbocycles. The topological polar surface area (TPSA) is 87.1 Å². The number of halogens is 1. The lowest BCUT2D eigenvalue weighted by Crippen LogP contribution is -2.31. The summed E-state index contributed by atoms with van der Waals surface area (Å²) < 4.78 is 20.2. The molecule has 1 heterocycles. The molecule has 1 aliphatic rings. The molecule has 164 valence electrons. The summed E-state index contributed by atoms with van der Waals surface area (Å²) in [7, 11) is 0. The first-order chi connectivity index (χ1) is 14.8. The van der Waals surface area contributed by atoms with Gasteiger partial charge in [-0.15, -0.1) is 0 Å². The number of benzene rings is 2. The number of hydrogen-bond donors (Lipinski definition) is 2. The van der Waals surface area contributed by atoms with E-state index in [0.717, 1.165) is 0 Å². The van der Waals surface area contributed by atoms with Crippen molar-refractivity contribution in [2.75, 3.05) is 19.8 Å². The molecule has 1 saturated heterocycles. The van der Waals surface area contributed by atoms with Gasteiger partial charge in [0.1, 0.15) is 17.3 Å². The van der Waals surface area contributed by atoms with Gasteiger partial charge in [-0.1, -0.05) is 32.0 Å². The molecule has 6 nitrogen and oxygen atoms in total. The summed E-state index contributed by atoms with van der Waals surface area (Å²) >= 11 is 0. The van der Waals surface area contributed by atoms with Gasteiger partial charge in [0.25, 0.3) is 11.7 Å². The van der Waals surface area contributed by atoms with Crippen molar-refractivity contribution in [3.63, 3.8) is 0 Å². The zero-order chi connectivity index (χ0) is 22.5. The second-order valence-electron chi connectivity index (χ2n) is 7.82. The number of aliphatic hydroxyl groups excluding tert-OH is 2. The normalized spacial score (nSPS) is 18.1. The number of ether oxygens (including phenoxy) is 1. The Morgan fingerprint density at radius 3 is 2.42 bits per heavy atom. The Morgan fingerprint density at radius 1 is 1.13 bits per heavy atom. The van der Waals surface area contributed by atoms with Gasteiger partial charge in [0.15, 0.2) is 0 Å². The number of likely N-dealkylation sites (tertiary alicyclic amines) is 1. The number of rotatable bonds is 8. The summed E-state index contributed by atoms with van der Waals surface area (Å²) in [5, 5.41) is 20.1. The van der Waals surface area contributed by atoms with E-state index in [0.29, 0.717) is 23.8 Å². The van der Waals surface area contributed by atoms with Crippen LogP contribution in [0, 0.1) is 11.7 Å². The molecule has 3 rings (SSSR count). The van der Waals surface area contributed by atoms with Gasteiger partial charge in [-0.25, -0.2) is 4.39 Å². The van der Waals surface area contributed by atoms with Crippen LogP contribution in [0.25, 0.3) is 5.76 Å². The minimum atomic E-state index is -1.08. The van der Waals surface area contributed by atoms with Gasteiger partial charge < -0.3 is 19.8 Å². The first kappa shape index (κ1) is 22.5. The Labute approximate surface area is 180 Å². The molecule has 1 atom stereocenters. The van der Waals surface area contributed by atoms with Crippen molar-refractivity contribution in [2.45, 2.75) is 26.3 Å². The molecule has 1 aliphatic heterocycles. The molecular weight excluding hydrogens is 401 g/mol. The predicted octanol–water partition coefficient (Wildman–Crippen LogP) is 3.66. The lowest BCUT2D eigenvalue weighted by Gasteiger charge is -2.25. The molecule has 2 N–H and O–H groups in total. The average Bonchev–Trinajstić information content (AvgIpc) is 3.01. The number of nitrogens with zero attached hydrogens (tertiary/aromatic N) is 1. The van der Waals surface area contributed by atoms with E-state index in [4.69, 9.17) is 4.74 Å². The molecule has 7 heteroatoms. The molecule has 2 aromatic rings. The molecular formula is C24H26FNO5. The van der Waals surface area contributed by atoms with E-state index in [9.17, 15) is 24.2 Å². The van der Waals surface area contributed by atoms with E-state index < -0.39 is 23.5 Å². The lowest BCUT2D eigenvalue weighted by atomic mass is 9.95. The maximum Gasteiger partial charge on any atom is 0.295 e. The van der Waals surface area contributed by atoms with E-state index in [1.54, 1.807) is 30.3 Å². The number of hydrogen-bond acceptors (Lipinski definition) is 5. The van der Waals surface area contributed by atoms with Crippen molar-refractivity contribution in [2.24, 2.45) is 5.92 Å². The van der Waals surface area contributed by atoms with Crippen molar-refractivity contribution in [1.82, 2.24) is 4.90 Å². The summed E-state index contributed by atoms with van der Waals surface area (Å²) in [6, 6.07) is 11.3. The number of ketones is 1. The third-order valence-corrected chi connectivity index (χ3v) is 5.01. The average molecular weight is 427 g/mol. The third-order valence-electron chi connectivity index (χ3n) is 5.01. The highest BCUT2D eigenvalue weighted by Gasteiger charge is 2.46. The molecule has 0 spiro atoms. The quantitative estimate of drug-likeness (QED) is 0.381. The van der Waals surface area contributed by atoms with Crippen molar-refractivity contribution >= 4 is 17.4 Å². The van der Waals surface area contributed by atoms with Gasteiger partial charge in [-0.3, -0.25) is 9.59 Å². The fraction of sp³-hybridized carbons (Fsp3) is 0.333. The highest BCUT2D eigenvalue weighted by atomic mass is 19.1. The first-order valence-corrected chi connectivity index (χ1v) is 10.2. The Hall–Kier alpha value is -3.19. The van der Waals surface area contributed by atoms with Crippen molar-refractivity contribution in [3.8, 4) is 5.75 Å². The summed E-state index contributed by atoms with van der Waals surface area (Å²) in [5.41, 5.74) is 0.250. The van der Waals surface area contributed by atoms with Crippen LogP contribution < -0.4 is 4.74 Å². The summed E-state index contributed by atoms with van der Waals surface area (Å²) in [6.07, 6.45) is 0.222. The molecule has 31 heavy (non-hydrogen) atoms. The lowest BCUT2D eigenvalue weighted by molar-refractivity contribution is -0.140. The Balaban J connectivity index is 2.04. The third kappa shape index (κ3) is 4.77. The smallest absolute Gasteiger partial charge is 0.295 e. The van der Waals surface area contributed by atoms with Crippen LogP contribution in [0.3, 0.4) is 0 Å². The van der Waals surface area contributed by atoms with Crippen LogP contribution in [0.15, 0.2) is 54.1 Å². The number of carbonyl (C=O) groups excluding carboxylic acids is 2. The van der Waals surface area contributed by atoms with Gasteiger partial charge in [-0.05, 0) is 42.7 Å². The fourth-order valence-corrected chi connectivity index (χ4v) is 3.50. The molecule has 0 bridgehead atoms. The van der Waals surface area contributed by atoms with E-state index in [1.165, 1.54) is 23.1 Å². The molecule has 0 saturated carbocycles. The zero-order valence-corrected chi connectivity index (χ0v) is 17.5. The second kappa shape index (κ2) is 9.75. The van der Waals surface area contributed by atoms with Gasteiger partial charge in [0.2, 0.25) is 0 Å². The maximum absolute atomic E-state index is 14.6. The van der Waals surface area contributed by atoms with Crippen LogP contribution in [0.2, 0.25) is 0 Å². The molecule has 0 aliphatic carbocycles. The van der Waals surface area contributed by atoms with Crippen LogP contribution >= 0.6 is 0 Å². The van der Waals surface area contributed by atoms with Crippen LogP contribution in [-0.2, 0) is 9.59 Å². The number of aliphatic hydroxyl groups is 2. The van der Waals surface area contributed by atoms with E-state index in [1.807, 2.05) is 13.8 Å². The van der Waals surface area contributed by atoms with Crippen LogP contribution in [0.4, 0.5) is 4.39 Å². The monoisotopic (exact) mass is 427 g/mol. The zero-order valence-electron chi connectivity index (χ0n) is 17.5. The Morgan fingerprint density at radius 2 is 1.81 bits per heavy atom. The van der Waals surface area contributed by atoms with E-state index >= 15 is 0 Å². The predicted molar refractivity (Wildman–Crippen MR) is 114 cm³/mol. The van der Waals surface area contributed by atoms with Crippen molar-refractivity contribution in [3.05, 3.63) is 71.0 Å². The number of carbonyl (C=O) groups is 2. The number of Topliss-reactive ketones (excluding diaryl/α,β-unsaturated/α-hetero) is 1. The maximum atomic E-state index is 14.6. The minimum Gasteiger partial charge on any atom is -0.507 e. The first-order valence-electron chi connectivity index (χ1n) is 10.2. The molecule has 1 amide bonds. The molecule has 1 fully saturated rings. The largest absolute Gasteiger partial charge is 0.507 e. The summed E-state index contributed by atoms with van der Waals surface area (Å²) in [5.74, 6) is -1.73. The van der Waals surface area contributed by atoms with Crippen LogP contribution in [0.5, 0.6) is 5.75 Å². The van der Waals surface area contributed by atoms with Crippen LogP contribution in [-0.4, -0.2) is 46.6 Å². The van der Waals surface area contributed by atoms with Crippen LogP contribution in [0.1, 0.15) is 37.4 Å². The minimum absolute atomic E-state index is 0.0544. The second-order valence-corrected chi connectivity index (χ2v) is 7.82. The fourth-order valence-electron chi connectivity index (χ4n) is 3.50. The summed E-state index contributed by atoms with van der Waals surface area (Å²) in [4.78, 5) is 26.7. The summed E-state index contributed by atoms with van der Waals surface area (Å²) in [6.45, 7) is 4.45. The molecule has 0 radical (unpaired) electrons. The number of amides is 1. The standard InChI is InChI=1S/C24H26FNO5/c1-15(2)14-31-17-10-8-16(9-11-17)22(28)20-21(18-6-3-4-7-19(18)25)26(12-5-13-27)24(30)23(20)29/h3-4,6-11,15,21,27-28H,5,12-14H2,1-2H3/b22-20-. The highest BCUT2D eigenvalue weighted by molar-refractivity contribution is 6.46. The SMILES string of the molecule is CC(C)COc1ccc(/C(O)=C2/C(=O)C(=O)N(CCCO)C2c2ccccc2F)cc1. The van der Waals surface area contributed by atoms with Crippen molar-refractivity contribution < 1.29 is 28.9 Å². The van der Waals surface area contributed by atoms with Gasteiger partial charge >= 0.3 is 0 Å². The highest BCUT2D eigenvalue weighted by Crippen LogP contribution is 2.40. The molecule has 0 aromatic heterocycles. The van der Waals surface area contributed by atoms with Crippen molar-refractivity contribution in [1.29, 1.82) is 0 Å². The van der Waals surface area contributed by atoms with E-state index in [-0.39, 0.29) is 36.5 Å². The van der Waals surface area contributed by atoms with Gasteiger partial charge in [0, 0.05) is 24.3 Å². The Bertz CT molecular complexity index is 984. The van der Waals surface area contributed by atoms with Gasteiger partial charge in [-0.2, -0.15) is 0 Å².